The lowest BCUT2D eigenvalue weighted by molar-refractivity contribution is -0.122. The summed E-state index contributed by atoms with van der Waals surface area (Å²) in [5, 5.41) is 7.82. The zero-order chi connectivity index (χ0) is 21.3. The number of fused-ring (bicyclic) bond motifs is 1. The summed E-state index contributed by atoms with van der Waals surface area (Å²) < 4.78 is 33.4. The van der Waals surface area contributed by atoms with Crippen LogP contribution < -0.4 is 10.9 Å². The molecule has 152 valence electrons. The fourth-order valence-electron chi connectivity index (χ4n) is 3.23. The van der Waals surface area contributed by atoms with Gasteiger partial charge in [-0.25, -0.2) is 13.5 Å². The Morgan fingerprint density at radius 1 is 1.10 bits per heavy atom. The second-order valence-electron chi connectivity index (χ2n) is 6.79. The molecular weight excluding hydrogens is 392 g/mol. The van der Waals surface area contributed by atoms with Gasteiger partial charge in [0, 0.05) is 10.9 Å². The number of nitrogens with zero attached hydrogens (tertiary/aromatic N) is 2. The second kappa shape index (κ2) is 7.90. The molecule has 4 rings (SSSR count). The molecule has 0 radical (unpaired) electrons. The lowest BCUT2D eigenvalue weighted by atomic mass is 10.0. The van der Waals surface area contributed by atoms with Crippen LogP contribution in [-0.4, -0.2) is 15.7 Å². The number of amides is 1. The predicted octanol–water partition coefficient (Wildman–Crippen LogP) is 3.81. The number of halogens is 2. The largest absolute Gasteiger partial charge is 0.467 e. The Balaban J connectivity index is 1.73. The SMILES string of the molecule is CC(NC(=O)Cn1nc(-c2ccc(F)c(F)c2)c2ccccc2c1=O)c1ccco1. The maximum Gasteiger partial charge on any atom is 0.275 e. The lowest BCUT2D eigenvalue weighted by Crippen LogP contribution is -2.35. The van der Waals surface area contributed by atoms with Crippen molar-refractivity contribution in [2.75, 3.05) is 0 Å². The van der Waals surface area contributed by atoms with E-state index in [0.29, 0.717) is 22.1 Å². The molecule has 0 bridgehead atoms. The summed E-state index contributed by atoms with van der Waals surface area (Å²) in [4.78, 5) is 25.3. The smallest absolute Gasteiger partial charge is 0.275 e. The van der Waals surface area contributed by atoms with E-state index in [1.54, 1.807) is 43.3 Å². The molecule has 1 N–H and O–H groups in total. The Hall–Kier alpha value is -3.81. The van der Waals surface area contributed by atoms with E-state index in [-0.39, 0.29) is 12.2 Å². The fourth-order valence-corrected chi connectivity index (χ4v) is 3.23. The van der Waals surface area contributed by atoms with Crippen LogP contribution in [0.1, 0.15) is 18.7 Å². The maximum atomic E-state index is 13.8. The van der Waals surface area contributed by atoms with Crippen molar-refractivity contribution in [3.63, 3.8) is 0 Å². The van der Waals surface area contributed by atoms with Crippen molar-refractivity contribution in [1.82, 2.24) is 15.1 Å². The van der Waals surface area contributed by atoms with E-state index in [1.807, 2.05) is 0 Å². The molecule has 1 atom stereocenters. The van der Waals surface area contributed by atoms with Crippen molar-refractivity contribution in [3.05, 3.63) is 88.6 Å². The highest BCUT2D eigenvalue weighted by molar-refractivity contribution is 5.93. The third-order valence-electron chi connectivity index (χ3n) is 4.70. The van der Waals surface area contributed by atoms with Gasteiger partial charge in [-0.1, -0.05) is 18.2 Å². The quantitative estimate of drug-likeness (QED) is 0.544. The number of aromatic nitrogens is 2. The first-order valence-electron chi connectivity index (χ1n) is 9.22. The number of furan rings is 1. The number of hydrogen-bond donors (Lipinski definition) is 1. The minimum Gasteiger partial charge on any atom is -0.467 e. The number of nitrogens with one attached hydrogen (secondary N) is 1. The summed E-state index contributed by atoms with van der Waals surface area (Å²) in [6.07, 6.45) is 1.50. The summed E-state index contributed by atoms with van der Waals surface area (Å²) in [5.41, 5.74) is 0.108. The molecule has 2 aromatic carbocycles. The van der Waals surface area contributed by atoms with Gasteiger partial charge in [-0.3, -0.25) is 9.59 Å². The first-order valence-corrected chi connectivity index (χ1v) is 9.22. The van der Waals surface area contributed by atoms with Crippen LogP contribution in [0.3, 0.4) is 0 Å². The summed E-state index contributed by atoms with van der Waals surface area (Å²) in [5.74, 6) is -1.88. The van der Waals surface area contributed by atoms with Crippen molar-refractivity contribution in [2.24, 2.45) is 0 Å². The Labute approximate surface area is 169 Å². The number of benzene rings is 2. The van der Waals surface area contributed by atoms with Gasteiger partial charge in [0.15, 0.2) is 11.6 Å². The Kier molecular flexibility index (Phi) is 5.14. The molecule has 0 fully saturated rings. The van der Waals surface area contributed by atoms with Crippen LogP contribution >= 0.6 is 0 Å². The number of hydrogen-bond acceptors (Lipinski definition) is 4. The standard InChI is InChI=1S/C22H17F2N3O3/c1-13(19-7-4-10-30-19)25-20(28)12-27-22(29)16-6-3-2-5-15(16)21(26-27)14-8-9-17(23)18(24)11-14/h2-11,13H,12H2,1H3,(H,25,28). The second-order valence-corrected chi connectivity index (χ2v) is 6.79. The first kappa shape index (κ1) is 19.5. The van der Waals surface area contributed by atoms with Gasteiger partial charge in [0.05, 0.1) is 23.4 Å². The molecule has 0 saturated heterocycles. The molecule has 6 nitrogen and oxygen atoms in total. The van der Waals surface area contributed by atoms with E-state index in [9.17, 15) is 18.4 Å². The molecule has 0 aliphatic carbocycles. The molecule has 1 unspecified atom stereocenters. The summed E-state index contributed by atoms with van der Waals surface area (Å²) in [6, 6.07) is 13.1. The zero-order valence-corrected chi connectivity index (χ0v) is 15.9. The average molecular weight is 409 g/mol. The molecule has 30 heavy (non-hydrogen) atoms. The highest BCUT2D eigenvalue weighted by Crippen LogP contribution is 2.26. The van der Waals surface area contributed by atoms with Gasteiger partial charge < -0.3 is 9.73 Å². The molecule has 1 amide bonds. The third kappa shape index (κ3) is 3.71. The molecule has 8 heteroatoms. The predicted molar refractivity (Wildman–Crippen MR) is 107 cm³/mol. The van der Waals surface area contributed by atoms with Crippen molar-refractivity contribution >= 4 is 16.7 Å². The summed E-state index contributed by atoms with van der Waals surface area (Å²) in [7, 11) is 0. The third-order valence-corrected chi connectivity index (χ3v) is 4.70. The number of rotatable bonds is 5. The Bertz CT molecular complexity index is 1280. The van der Waals surface area contributed by atoms with Gasteiger partial charge in [-0.2, -0.15) is 5.10 Å². The van der Waals surface area contributed by atoms with Gasteiger partial charge in [-0.05, 0) is 43.3 Å². The molecular formula is C22H17F2N3O3. The molecule has 4 aromatic rings. The van der Waals surface area contributed by atoms with Crippen molar-refractivity contribution in [1.29, 1.82) is 0 Å². The van der Waals surface area contributed by atoms with Crippen molar-refractivity contribution in [2.45, 2.75) is 19.5 Å². The summed E-state index contributed by atoms with van der Waals surface area (Å²) in [6.45, 7) is 1.41. The van der Waals surface area contributed by atoms with Gasteiger partial charge in [0.25, 0.3) is 5.56 Å². The molecule has 0 spiro atoms. The summed E-state index contributed by atoms with van der Waals surface area (Å²) >= 11 is 0. The van der Waals surface area contributed by atoms with Crippen LogP contribution in [0.4, 0.5) is 8.78 Å². The molecule has 0 aliphatic heterocycles. The van der Waals surface area contributed by atoms with E-state index in [4.69, 9.17) is 4.42 Å². The highest BCUT2D eigenvalue weighted by Gasteiger charge is 2.17. The highest BCUT2D eigenvalue weighted by atomic mass is 19.2. The fraction of sp³-hybridized carbons (Fsp3) is 0.136. The molecule has 2 aromatic heterocycles. The monoisotopic (exact) mass is 409 g/mol. The van der Waals surface area contributed by atoms with E-state index in [1.165, 1.54) is 12.3 Å². The normalized spacial score (nSPS) is 12.1. The average Bonchev–Trinajstić information content (AvgIpc) is 3.27. The first-order chi connectivity index (χ1) is 14.4. The van der Waals surface area contributed by atoms with E-state index < -0.39 is 29.1 Å². The number of carbonyl (C=O) groups excluding carboxylic acids is 1. The van der Waals surface area contributed by atoms with Gasteiger partial charge in [0.1, 0.15) is 12.3 Å². The van der Waals surface area contributed by atoms with E-state index in [0.717, 1.165) is 16.8 Å². The molecule has 0 aliphatic rings. The van der Waals surface area contributed by atoms with Crippen molar-refractivity contribution in [3.8, 4) is 11.3 Å². The van der Waals surface area contributed by atoms with Crippen molar-refractivity contribution < 1.29 is 18.0 Å². The minimum atomic E-state index is -1.03. The topological polar surface area (TPSA) is 77.1 Å². The minimum absolute atomic E-state index is 0.274. The lowest BCUT2D eigenvalue weighted by Gasteiger charge is -2.14. The van der Waals surface area contributed by atoms with Crippen LogP contribution in [0.25, 0.3) is 22.0 Å². The van der Waals surface area contributed by atoms with E-state index >= 15 is 0 Å². The van der Waals surface area contributed by atoms with Gasteiger partial charge >= 0.3 is 0 Å². The van der Waals surface area contributed by atoms with Gasteiger partial charge in [-0.15, -0.1) is 0 Å². The van der Waals surface area contributed by atoms with Gasteiger partial charge in [0.2, 0.25) is 5.91 Å². The number of carbonyl (C=O) groups is 1. The Morgan fingerprint density at radius 2 is 1.87 bits per heavy atom. The van der Waals surface area contributed by atoms with E-state index in [2.05, 4.69) is 10.4 Å². The zero-order valence-electron chi connectivity index (χ0n) is 15.9. The van der Waals surface area contributed by atoms with Crippen LogP contribution in [0.2, 0.25) is 0 Å². The van der Waals surface area contributed by atoms with Crippen LogP contribution in [-0.2, 0) is 11.3 Å². The van der Waals surface area contributed by atoms with Crippen LogP contribution in [0.15, 0.2) is 70.1 Å². The van der Waals surface area contributed by atoms with Crippen LogP contribution in [0, 0.1) is 11.6 Å². The Morgan fingerprint density at radius 3 is 2.57 bits per heavy atom. The molecule has 2 heterocycles. The van der Waals surface area contributed by atoms with Crippen LogP contribution in [0.5, 0.6) is 0 Å². The maximum absolute atomic E-state index is 13.8. The molecule has 0 saturated carbocycles.